The molecule has 2 aromatic rings. The van der Waals surface area contributed by atoms with Gasteiger partial charge in [0.2, 0.25) is 0 Å². The highest BCUT2D eigenvalue weighted by atomic mass is 35.5. The Morgan fingerprint density at radius 3 is 3.09 bits per heavy atom. The number of carbonyl (C=O) groups is 1. The molecule has 3 rings (SSSR count). The summed E-state index contributed by atoms with van der Waals surface area (Å²) in [4.78, 5) is 27.2. The van der Waals surface area contributed by atoms with Gasteiger partial charge in [0.1, 0.15) is 6.54 Å². The third kappa shape index (κ3) is 3.37. The molecule has 0 amide bonds. The van der Waals surface area contributed by atoms with E-state index >= 15 is 0 Å². The minimum Gasteiger partial charge on any atom is -0.480 e. The van der Waals surface area contributed by atoms with Crippen molar-refractivity contribution in [2.75, 3.05) is 5.32 Å². The smallest absolute Gasteiger partial charge is 0.323 e. The maximum Gasteiger partial charge on any atom is 0.323 e. The van der Waals surface area contributed by atoms with Gasteiger partial charge in [-0.25, -0.2) is 4.98 Å². The van der Waals surface area contributed by atoms with Crippen molar-refractivity contribution in [3.8, 4) is 0 Å². The van der Waals surface area contributed by atoms with Crippen molar-refractivity contribution < 1.29 is 9.90 Å². The molecule has 120 valence electrons. The van der Waals surface area contributed by atoms with Gasteiger partial charge in [0, 0.05) is 17.4 Å². The maximum absolute atomic E-state index is 12.3. The van der Waals surface area contributed by atoms with Crippen LogP contribution in [0.4, 0.5) is 5.82 Å². The summed E-state index contributed by atoms with van der Waals surface area (Å²) in [6, 6.07) is 5.72. The number of hydrogen-bond acceptors (Lipinski definition) is 4. The van der Waals surface area contributed by atoms with E-state index in [-0.39, 0.29) is 18.4 Å². The lowest BCUT2D eigenvalue weighted by molar-refractivity contribution is -0.137. The first kappa shape index (κ1) is 15.6. The van der Waals surface area contributed by atoms with Crippen molar-refractivity contribution in [2.24, 2.45) is 0 Å². The van der Waals surface area contributed by atoms with Gasteiger partial charge in [-0.1, -0.05) is 17.7 Å². The first-order valence-electron chi connectivity index (χ1n) is 7.36. The minimum atomic E-state index is -1.07. The van der Waals surface area contributed by atoms with E-state index in [9.17, 15) is 9.59 Å². The van der Waals surface area contributed by atoms with Gasteiger partial charge in [0.25, 0.3) is 5.56 Å². The average Bonchev–Trinajstić information content (AvgIpc) is 2.51. The number of halogens is 1. The number of aryl methyl sites for hydroxylation is 1. The number of rotatable bonds is 4. The van der Waals surface area contributed by atoms with Gasteiger partial charge in [-0.3, -0.25) is 14.2 Å². The number of benzene rings is 1. The molecule has 23 heavy (non-hydrogen) atoms. The molecule has 2 N–H and O–H groups in total. The minimum absolute atomic E-state index is 0.0571. The Bertz CT molecular complexity index is 803. The quantitative estimate of drug-likeness (QED) is 0.898. The molecule has 1 aromatic carbocycles. The summed E-state index contributed by atoms with van der Waals surface area (Å²) in [6.45, 7) is -0.386. The molecule has 0 aliphatic heterocycles. The summed E-state index contributed by atoms with van der Waals surface area (Å²) in [5.41, 5.74) is 1.84. The van der Waals surface area contributed by atoms with Gasteiger partial charge in [-0.15, -0.1) is 0 Å². The lowest BCUT2D eigenvalue weighted by Gasteiger charge is -2.26. The lowest BCUT2D eigenvalue weighted by Crippen LogP contribution is -2.29. The van der Waals surface area contributed by atoms with Gasteiger partial charge >= 0.3 is 5.97 Å². The van der Waals surface area contributed by atoms with Gasteiger partial charge in [-0.2, -0.15) is 0 Å². The number of fused-ring (bicyclic) bond motifs is 1. The first-order chi connectivity index (χ1) is 11.0. The molecule has 1 atom stereocenters. The molecule has 0 saturated carbocycles. The van der Waals surface area contributed by atoms with E-state index in [1.54, 1.807) is 0 Å². The molecule has 7 heteroatoms. The highest BCUT2D eigenvalue weighted by molar-refractivity contribution is 6.30. The Morgan fingerprint density at radius 2 is 2.30 bits per heavy atom. The Labute approximate surface area is 137 Å². The van der Waals surface area contributed by atoms with Crippen LogP contribution in [0.3, 0.4) is 0 Å². The van der Waals surface area contributed by atoms with Crippen LogP contribution in [0.25, 0.3) is 0 Å². The van der Waals surface area contributed by atoms with Gasteiger partial charge in [0.15, 0.2) is 5.82 Å². The topological polar surface area (TPSA) is 84.2 Å². The Hall–Kier alpha value is -2.34. The van der Waals surface area contributed by atoms with E-state index in [4.69, 9.17) is 16.7 Å². The van der Waals surface area contributed by atoms with E-state index in [0.29, 0.717) is 5.02 Å². The zero-order valence-electron chi connectivity index (χ0n) is 12.3. The van der Waals surface area contributed by atoms with Crippen molar-refractivity contribution in [3.63, 3.8) is 0 Å². The molecular formula is C16H16ClN3O3. The molecule has 1 aliphatic carbocycles. The molecule has 0 spiro atoms. The predicted octanol–water partition coefficient (Wildman–Crippen LogP) is 2.47. The van der Waals surface area contributed by atoms with Crippen LogP contribution in [0.2, 0.25) is 5.02 Å². The third-order valence-corrected chi connectivity index (χ3v) is 4.19. The summed E-state index contributed by atoms with van der Waals surface area (Å²) >= 11 is 6.08. The fourth-order valence-electron chi connectivity index (χ4n) is 2.90. The van der Waals surface area contributed by atoms with Crippen LogP contribution < -0.4 is 10.9 Å². The summed E-state index contributed by atoms with van der Waals surface area (Å²) in [5, 5.41) is 12.7. The maximum atomic E-state index is 12.3. The van der Waals surface area contributed by atoms with Crippen LogP contribution in [-0.2, 0) is 17.8 Å². The first-order valence-corrected chi connectivity index (χ1v) is 7.74. The molecule has 0 bridgehead atoms. The summed E-state index contributed by atoms with van der Waals surface area (Å²) in [6.07, 6.45) is 5.64. The second kappa shape index (κ2) is 6.42. The fraction of sp³-hybridized carbons (Fsp3) is 0.312. The van der Waals surface area contributed by atoms with Gasteiger partial charge in [0.05, 0.1) is 6.04 Å². The van der Waals surface area contributed by atoms with Crippen LogP contribution >= 0.6 is 11.6 Å². The van der Waals surface area contributed by atoms with Crippen LogP contribution in [0.1, 0.15) is 30.0 Å². The van der Waals surface area contributed by atoms with E-state index in [2.05, 4.69) is 10.3 Å². The van der Waals surface area contributed by atoms with Gasteiger partial charge in [-0.05, 0) is 42.5 Å². The number of nitrogens with zero attached hydrogens (tertiary/aromatic N) is 2. The number of aliphatic carboxylic acids is 1. The summed E-state index contributed by atoms with van der Waals surface area (Å²) < 4.78 is 1.12. The lowest BCUT2D eigenvalue weighted by atomic mass is 9.88. The molecule has 0 unspecified atom stereocenters. The van der Waals surface area contributed by atoms with E-state index in [0.717, 1.165) is 29.4 Å². The number of carboxylic acid groups (broad SMARTS) is 1. The molecular weight excluding hydrogens is 318 g/mol. The average molecular weight is 334 g/mol. The molecule has 1 heterocycles. The number of nitrogens with one attached hydrogen (secondary N) is 1. The normalized spacial score (nSPS) is 16.7. The van der Waals surface area contributed by atoms with Crippen LogP contribution in [-0.4, -0.2) is 20.6 Å². The van der Waals surface area contributed by atoms with Crippen molar-refractivity contribution in [1.82, 2.24) is 9.55 Å². The zero-order chi connectivity index (χ0) is 16.4. The zero-order valence-corrected chi connectivity index (χ0v) is 13.1. The molecule has 6 nitrogen and oxygen atoms in total. The van der Waals surface area contributed by atoms with Crippen molar-refractivity contribution >= 4 is 23.4 Å². The second-order valence-corrected chi connectivity index (χ2v) is 5.97. The van der Waals surface area contributed by atoms with Crippen molar-refractivity contribution in [3.05, 3.63) is 57.1 Å². The highest BCUT2D eigenvalue weighted by Gasteiger charge is 2.22. The van der Waals surface area contributed by atoms with Crippen molar-refractivity contribution in [1.29, 1.82) is 0 Å². The van der Waals surface area contributed by atoms with Gasteiger partial charge < -0.3 is 10.4 Å². The standard InChI is InChI=1S/C16H16ClN3O3/c17-11-5-4-10-2-1-3-13(12(10)8-11)19-15-16(23)20(7-6-18-15)9-14(21)22/h4-8,13H,1-3,9H2,(H,18,19)(H,21,22)/t13-/m1/s1. The molecule has 0 fully saturated rings. The summed E-state index contributed by atoms with van der Waals surface area (Å²) in [5.74, 6) is -0.911. The summed E-state index contributed by atoms with van der Waals surface area (Å²) in [7, 11) is 0. The van der Waals surface area contributed by atoms with Crippen LogP contribution in [0.15, 0.2) is 35.4 Å². The predicted molar refractivity (Wildman–Crippen MR) is 86.9 cm³/mol. The number of anilines is 1. The van der Waals surface area contributed by atoms with Crippen molar-refractivity contribution in [2.45, 2.75) is 31.8 Å². The van der Waals surface area contributed by atoms with E-state index in [1.165, 1.54) is 18.0 Å². The number of hydrogen-bond donors (Lipinski definition) is 2. The van der Waals surface area contributed by atoms with Crippen LogP contribution in [0, 0.1) is 0 Å². The van der Waals surface area contributed by atoms with Crippen LogP contribution in [0.5, 0.6) is 0 Å². The Morgan fingerprint density at radius 1 is 1.48 bits per heavy atom. The second-order valence-electron chi connectivity index (χ2n) is 5.53. The monoisotopic (exact) mass is 333 g/mol. The Kier molecular flexibility index (Phi) is 4.34. The Balaban J connectivity index is 1.91. The number of aromatic nitrogens is 2. The number of carboxylic acids is 1. The van der Waals surface area contributed by atoms with E-state index < -0.39 is 11.5 Å². The fourth-order valence-corrected chi connectivity index (χ4v) is 3.08. The highest BCUT2D eigenvalue weighted by Crippen LogP contribution is 2.33. The molecule has 0 saturated heterocycles. The molecule has 0 radical (unpaired) electrons. The largest absolute Gasteiger partial charge is 0.480 e. The SMILES string of the molecule is O=C(O)Cn1ccnc(N[C@@H]2CCCc3ccc(Cl)cc32)c1=O. The molecule has 1 aliphatic rings. The van der Waals surface area contributed by atoms with E-state index in [1.807, 2.05) is 18.2 Å². The third-order valence-electron chi connectivity index (χ3n) is 3.95. The molecule has 1 aromatic heterocycles.